The van der Waals surface area contributed by atoms with E-state index in [1.54, 1.807) is 6.07 Å². The molecule has 0 aromatic heterocycles. The average Bonchev–Trinajstić information content (AvgIpc) is 1.83. The normalized spacial score (nSPS) is 8.70. The van der Waals surface area contributed by atoms with Crippen LogP contribution in [0.25, 0.3) is 0 Å². The number of phenolic OH excluding ortho intramolecular Hbond substituents is 1. The summed E-state index contributed by atoms with van der Waals surface area (Å²) in [6.07, 6.45) is 0. The molecule has 0 spiro atoms. The molecule has 0 aliphatic rings. The van der Waals surface area contributed by atoms with Gasteiger partial charge in [-0.3, -0.25) is 0 Å². The van der Waals surface area contributed by atoms with Gasteiger partial charge >= 0.3 is 74.9 Å². The van der Waals surface area contributed by atoms with Crippen LogP contribution >= 0.6 is 11.6 Å². The van der Waals surface area contributed by atoms with E-state index in [1.165, 1.54) is 0 Å². The maximum absolute atomic E-state index is 9.00. The Kier molecular flexibility index (Phi) is 4.25. The molecule has 3 N–H and O–H groups in total. The van der Waals surface area contributed by atoms with E-state index in [1.807, 2.05) is 12.1 Å². The van der Waals surface area contributed by atoms with E-state index >= 15 is 0 Å². The fraction of sp³-hybridized carbons (Fsp3) is 0. The van der Waals surface area contributed by atoms with Gasteiger partial charge in [-0.05, 0) is 0 Å². The zero-order chi connectivity index (χ0) is 6.85. The third-order valence-electron chi connectivity index (χ3n) is 1.06. The van der Waals surface area contributed by atoms with Gasteiger partial charge in [0.1, 0.15) is 0 Å². The van der Waals surface area contributed by atoms with E-state index in [9.17, 15) is 0 Å². The predicted octanol–water partition coefficient (Wildman–Crippen LogP) is 0.393. The van der Waals surface area contributed by atoms with Crippen LogP contribution in [0, 0.1) is 0 Å². The van der Waals surface area contributed by atoms with Crippen LogP contribution in [0.2, 0.25) is 5.02 Å². The summed E-state index contributed by atoms with van der Waals surface area (Å²) in [5.41, 5.74) is 0. The van der Waals surface area contributed by atoms with Gasteiger partial charge in [0.25, 0.3) is 0 Å². The summed E-state index contributed by atoms with van der Waals surface area (Å²) in [7, 11) is 0. The van der Waals surface area contributed by atoms with Crippen LogP contribution in [-0.2, 0) is 26.1 Å². The van der Waals surface area contributed by atoms with Crippen molar-refractivity contribution in [3.05, 3.63) is 23.2 Å². The Bertz CT molecular complexity index is 207. The summed E-state index contributed by atoms with van der Waals surface area (Å²) in [5.74, 6) is 0.198. The summed E-state index contributed by atoms with van der Waals surface area (Å²) in [4.78, 5) is 0. The molecule has 51 valence electrons. The summed E-state index contributed by atoms with van der Waals surface area (Å²) in [6, 6.07) is 5.34. The monoisotopic (exact) mass is 347 g/mol. The molecule has 0 aliphatic heterocycles. The average molecular weight is 346 g/mol. The second kappa shape index (κ2) is 4.16. The van der Waals surface area contributed by atoms with Gasteiger partial charge in [-0.1, -0.05) is 0 Å². The summed E-state index contributed by atoms with van der Waals surface area (Å²) in [6.45, 7) is 0. The fourth-order valence-electron chi connectivity index (χ4n) is 0.566. The number of aromatic hydroxyl groups is 1. The van der Waals surface area contributed by atoms with Crippen molar-refractivity contribution in [1.82, 2.24) is 0 Å². The second-order valence-corrected chi connectivity index (χ2v) is 5.09. The number of phenols is 1. The molecule has 2 nitrogen and oxygen atoms in total. The number of rotatable bonds is 0. The molecular weight excluding hydrogens is 340 g/mol. The van der Waals surface area contributed by atoms with Gasteiger partial charge in [0.05, 0.1) is 0 Å². The first-order valence-corrected chi connectivity index (χ1v) is 5.64. The summed E-state index contributed by atoms with van der Waals surface area (Å²) < 4.78 is 1.09. The van der Waals surface area contributed by atoms with Gasteiger partial charge in [0.2, 0.25) is 0 Å². The van der Waals surface area contributed by atoms with Gasteiger partial charge in [-0.15, -0.1) is 0 Å². The van der Waals surface area contributed by atoms with E-state index in [2.05, 4.69) is 0 Å². The summed E-state index contributed by atoms with van der Waals surface area (Å²) >= 11 is 6.17. The van der Waals surface area contributed by atoms with E-state index < -0.39 is 0 Å². The van der Waals surface area contributed by atoms with Crippen molar-refractivity contribution in [2.24, 2.45) is 0 Å². The Morgan fingerprint density at radius 1 is 1.40 bits per heavy atom. The molecule has 0 saturated carbocycles. The Balaban J connectivity index is 0.000000810. The van der Waals surface area contributed by atoms with E-state index in [0.29, 0.717) is 31.1 Å². The first-order chi connectivity index (χ1) is 4.22. The molecule has 0 fully saturated rings. The van der Waals surface area contributed by atoms with E-state index in [-0.39, 0.29) is 11.2 Å². The molecule has 0 atom stereocenters. The van der Waals surface area contributed by atoms with E-state index in [0.717, 1.165) is 3.07 Å². The van der Waals surface area contributed by atoms with Crippen LogP contribution in [0.1, 0.15) is 0 Å². The van der Waals surface area contributed by atoms with Crippen LogP contribution in [0.3, 0.4) is 0 Å². The molecule has 1 aromatic rings. The predicted molar refractivity (Wildman–Crippen MR) is 36.4 cm³/mol. The fourth-order valence-corrected chi connectivity index (χ4v) is 1.93. The maximum atomic E-state index is 9.00. The first-order valence-electron chi connectivity index (χ1n) is 2.51. The number of halogens is 1. The van der Waals surface area contributed by atoms with Gasteiger partial charge in [-0.2, -0.15) is 0 Å². The number of hydrogen-bond acceptors (Lipinski definition) is 1. The molecule has 1 rings (SSSR count). The van der Waals surface area contributed by atoms with Crippen molar-refractivity contribution < 1.29 is 36.7 Å². The molecule has 0 aliphatic carbocycles. The minimum absolute atomic E-state index is 0. The quantitative estimate of drug-likeness (QED) is 0.679. The van der Waals surface area contributed by atoms with Crippen molar-refractivity contribution in [1.29, 1.82) is 0 Å². The Hall–Kier alpha value is 0.205. The second-order valence-electron chi connectivity index (χ2n) is 1.75. The number of hydrogen-bond donors (Lipinski definition) is 1. The molecular formula is C6H6ClHgO2. The van der Waals surface area contributed by atoms with Crippen LogP contribution in [0.15, 0.2) is 18.2 Å². The van der Waals surface area contributed by atoms with Crippen molar-refractivity contribution in [2.45, 2.75) is 0 Å². The van der Waals surface area contributed by atoms with E-state index in [4.69, 9.17) is 16.7 Å². The third kappa shape index (κ3) is 2.11. The number of benzene rings is 1. The SMILES string of the molecule is O.Oc1ccc[c]([Hg])c1Cl. The molecule has 0 unspecified atom stereocenters. The van der Waals surface area contributed by atoms with Crippen molar-refractivity contribution in [2.75, 3.05) is 0 Å². The van der Waals surface area contributed by atoms with Gasteiger partial charge in [-0.25, -0.2) is 0 Å². The zero-order valence-corrected chi connectivity index (χ0v) is 11.5. The minimum atomic E-state index is 0. The van der Waals surface area contributed by atoms with Gasteiger partial charge in [0, 0.05) is 0 Å². The van der Waals surface area contributed by atoms with Crippen LogP contribution < -0.4 is 3.07 Å². The van der Waals surface area contributed by atoms with Gasteiger partial charge < -0.3 is 5.48 Å². The van der Waals surface area contributed by atoms with Crippen LogP contribution in [0.5, 0.6) is 5.75 Å². The standard InChI is InChI=1S/C6H4ClO.Hg.H2O/c7-5-3-1-2-4-6(5)8;;/h1-2,4,8H;;1H2. The topological polar surface area (TPSA) is 51.7 Å². The molecule has 0 bridgehead atoms. The van der Waals surface area contributed by atoms with Crippen molar-refractivity contribution in [3.63, 3.8) is 0 Å². The zero-order valence-electron chi connectivity index (χ0n) is 5.26. The van der Waals surface area contributed by atoms with Gasteiger partial charge in [0.15, 0.2) is 0 Å². The molecule has 1 aromatic carbocycles. The summed E-state index contributed by atoms with van der Waals surface area (Å²) in [5, 5.41) is 9.53. The Morgan fingerprint density at radius 3 is 2.40 bits per heavy atom. The molecule has 4 heteroatoms. The Labute approximate surface area is 80.1 Å². The molecule has 10 heavy (non-hydrogen) atoms. The molecule has 0 radical (unpaired) electrons. The first kappa shape index (κ1) is 10.2. The third-order valence-corrected chi connectivity index (χ3v) is 4.66. The molecule has 0 saturated heterocycles. The molecule has 0 heterocycles. The van der Waals surface area contributed by atoms with Crippen LogP contribution in [0.4, 0.5) is 0 Å². The Morgan fingerprint density at radius 2 is 2.00 bits per heavy atom. The van der Waals surface area contributed by atoms with Crippen LogP contribution in [-0.4, -0.2) is 10.6 Å². The van der Waals surface area contributed by atoms with Crippen molar-refractivity contribution >= 4 is 14.7 Å². The van der Waals surface area contributed by atoms with Crippen molar-refractivity contribution in [3.8, 4) is 5.75 Å². The molecule has 0 amide bonds.